The van der Waals surface area contributed by atoms with Crippen molar-refractivity contribution in [3.63, 3.8) is 0 Å². The number of nitrogens with zero attached hydrogens (tertiary/aromatic N) is 3. The van der Waals surface area contributed by atoms with Gasteiger partial charge in [0.05, 0.1) is 17.1 Å². The molecule has 0 bridgehead atoms. The zero-order chi connectivity index (χ0) is 21.7. The second-order valence-corrected chi connectivity index (χ2v) is 9.32. The molecule has 3 fully saturated rings. The van der Waals surface area contributed by atoms with E-state index in [2.05, 4.69) is 5.10 Å². The van der Waals surface area contributed by atoms with E-state index in [1.54, 1.807) is 34.0 Å². The van der Waals surface area contributed by atoms with Gasteiger partial charge in [-0.2, -0.15) is 5.10 Å². The molecule has 1 aliphatic carbocycles. The molecule has 1 saturated carbocycles. The lowest BCUT2D eigenvalue weighted by atomic mass is 9.83. The molecule has 9 heteroatoms. The number of nitrogens with two attached hydrogens (primary N) is 1. The fraction of sp³-hybridized carbons (Fsp3) is 0.545. The average molecular weight is 445 g/mol. The molecule has 2 aliphatic heterocycles. The lowest BCUT2D eigenvalue weighted by Crippen LogP contribution is -2.47. The Labute approximate surface area is 184 Å². The van der Waals surface area contributed by atoms with Crippen molar-refractivity contribution in [3.8, 4) is 0 Å². The Morgan fingerprint density at radius 3 is 2.74 bits per heavy atom. The molecular formula is C22H25ClN4O4. The number of benzene rings is 1. The molecular weight excluding hydrogens is 420 g/mol. The summed E-state index contributed by atoms with van der Waals surface area (Å²) in [7, 11) is 0. The maximum absolute atomic E-state index is 13.9. The van der Waals surface area contributed by atoms with Gasteiger partial charge >= 0.3 is 0 Å². The number of carbonyl (C=O) groups excluding carboxylic acids is 3. The molecule has 0 unspecified atom stereocenters. The van der Waals surface area contributed by atoms with E-state index < -0.39 is 29.5 Å². The van der Waals surface area contributed by atoms with E-state index in [1.165, 1.54) is 0 Å². The number of aromatic nitrogens is 2. The van der Waals surface area contributed by atoms with Gasteiger partial charge in [-0.05, 0) is 30.9 Å². The van der Waals surface area contributed by atoms with Crippen LogP contribution in [0.5, 0.6) is 0 Å². The van der Waals surface area contributed by atoms with E-state index in [9.17, 15) is 14.4 Å². The third kappa shape index (κ3) is 3.42. The number of carbonyl (C=O) groups is 3. The lowest BCUT2D eigenvalue weighted by Gasteiger charge is -2.34. The Morgan fingerprint density at radius 2 is 2.00 bits per heavy atom. The minimum atomic E-state index is -0.635. The van der Waals surface area contributed by atoms with Crippen LogP contribution >= 0.6 is 11.6 Å². The van der Waals surface area contributed by atoms with Crippen LogP contribution in [-0.4, -0.2) is 63.0 Å². The number of rotatable bonds is 4. The normalized spacial score (nSPS) is 27.6. The van der Waals surface area contributed by atoms with Gasteiger partial charge in [-0.25, -0.2) is 0 Å². The van der Waals surface area contributed by atoms with E-state index in [0.717, 1.165) is 37.5 Å². The smallest absolute Gasteiger partial charge is 0.248 e. The summed E-state index contributed by atoms with van der Waals surface area (Å²) in [5.41, 5.74) is 6.53. The number of likely N-dealkylation sites (tertiary alicyclic amines) is 1. The highest BCUT2D eigenvalue weighted by atomic mass is 35.5. The number of hydrogen-bond acceptors (Lipinski definition) is 5. The third-order valence-corrected chi connectivity index (χ3v) is 7.29. The lowest BCUT2D eigenvalue weighted by molar-refractivity contribution is -0.141. The minimum Gasteiger partial charge on any atom is -0.366 e. The summed E-state index contributed by atoms with van der Waals surface area (Å²) >= 11 is 6.44. The molecule has 3 heterocycles. The summed E-state index contributed by atoms with van der Waals surface area (Å²) < 4.78 is 7.28. The minimum absolute atomic E-state index is 0.0108. The van der Waals surface area contributed by atoms with Gasteiger partial charge in [-0.1, -0.05) is 25.3 Å². The first-order chi connectivity index (χ1) is 15.0. The molecule has 1 aromatic carbocycles. The Morgan fingerprint density at radius 1 is 1.23 bits per heavy atom. The van der Waals surface area contributed by atoms with Crippen molar-refractivity contribution in [2.75, 3.05) is 13.2 Å². The van der Waals surface area contributed by atoms with Gasteiger partial charge in [0.1, 0.15) is 24.8 Å². The average Bonchev–Trinajstić information content (AvgIpc) is 3.45. The van der Waals surface area contributed by atoms with Crippen LogP contribution in [0.4, 0.5) is 0 Å². The van der Waals surface area contributed by atoms with Crippen LogP contribution in [0.2, 0.25) is 0 Å². The second-order valence-electron chi connectivity index (χ2n) is 8.76. The molecule has 4 atom stereocenters. The maximum Gasteiger partial charge on any atom is 0.248 e. The molecule has 8 nitrogen and oxygen atoms in total. The maximum atomic E-state index is 13.9. The number of amides is 2. The zero-order valence-corrected chi connectivity index (χ0v) is 17.8. The number of Topliss-reactive ketones (excluding diaryl/α,β-unsaturated/α-hetero) is 1. The van der Waals surface area contributed by atoms with Crippen molar-refractivity contribution in [3.05, 3.63) is 30.0 Å². The number of ketones is 1. The molecule has 0 spiro atoms. The molecule has 2 N–H and O–H groups in total. The van der Waals surface area contributed by atoms with E-state index >= 15 is 0 Å². The van der Waals surface area contributed by atoms with Crippen LogP contribution in [0.15, 0.2) is 24.4 Å². The first-order valence-corrected chi connectivity index (χ1v) is 11.3. The summed E-state index contributed by atoms with van der Waals surface area (Å²) in [6.45, 7) is 0.263. The highest BCUT2D eigenvalue weighted by Gasteiger charge is 2.53. The molecule has 31 heavy (non-hydrogen) atoms. The van der Waals surface area contributed by atoms with Crippen LogP contribution in [-0.2, 0) is 14.3 Å². The van der Waals surface area contributed by atoms with Crippen LogP contribution in [0.3, 0.4) is 0 Å². The predicted molar refractivity (Wildman–Crippen MR) is 114 cm³/mol. The van der Waals surface area contributed by atoms with Crippen LogP contribution in [0, 0.1) is 5.92 Å². The van der Waals surface area contributed by atoms with Crippen molar-refractivity contribution in [2.24, 2.45) is 11.7 Å². The summed E-state index contributed by atoms with van der Waals surface area (Å²) in [6, 6.07) is 3.93. The van der Waals surface area contributed by atoms with Gasteiger partial charge in [-0.3, -0.25) is 19.1 Å². The number of fused-ring (bicyclic) bond motifs is 2. The number of alkyl halides is 1. The largest absolute Gasteiger partial charge is 0.366 e. The molecule has 2 saturated heterocycles. The van der Waals surface area contributed by atoms with Crippen molar-refractivity contribution in [1.82, 2.24) is 14.7 Å². The Bertz CT molecular complexity index is 1050. The molecule has 3 aliphatic rings. The summed E-state index contributed by atoms with van der Waals surface area (Å²) in [6.07, 6.45) is 6.30. The number of hydrogen-bond donors (Lipinski definition) is 1. The van der Waals surface area contributed by atoms with E-state index in [-0.39, 0.29) is 30.8 Å². The molecule has 164 valence electrons. The van der Waals surface area contributed by atoms with E-state index in [1.807, 2.05) is 0 Å². The van der Waals surface area contributed by atoms with Gasteiger partial charge in [0, 0.05) is 17.5 Å². The van der Waals surface area contributed by atoms with Gasteiger partial charge < -0.3 is 15.4 Å². The van der Waals surface area contributed by atoms with E-state index in [4.69, 9.17) is 22.1 Å². The Kier molecular flexibility index (Phi) is 5.22. The predicted octanol–water partition coefficient (Wildman–Crippen LogP) is 2.04. The number of halogens is 1. The summed E-state index contributed by atoms with van der Waals surface area (Å²) in [5.74, 6) is -0.702. The quantitative estimate of drug-likeness (QED) is 0.726. The molecule has 2 amide bonds. The zero-order valence-electron chi connectivity index (χ0n) is 17.1. The van der Waals surface area contributed by atoms with Gasteiger partial charge in [0.15, 0.2) is 5.78 Å². The van der Waals surface area contributed by atoms with Crippen molar-refractivity contribution < 1.29 is 19.1 Å². The topological polar surface area (TPSA) is 108 Å². The van der Waals surface area contributed by atoms with E-state index in [0.29, 0.717) is 11.1 Å². The van der Waals surface area contributed by atoms with Gasteiger partial charge in [0.2, 0.25) is 11.8 Å². The van der Waals surface area contributed by atoms with Crippen molar-refractivity contribution in [2.45, 2.75) is 55.7 Å². The van der Waals surface area contributed by atoms with Crippen LogP contribution < -0.4 is 5.73 Å². The fourth-order valence-corrected chi connectivity index (χ4v) is 5.72. The van der Waals surface area contributed by atoms with Crippen LogP contribution in [0.25, 0.3) is 10.9 Å². The van der Waals surface area contributed by atoms with Gasteiger partial charge in [-0.15, -0.1) is 11.6 Å². The summed E-state index contributed by atoms with van der Waals surface area (Å²) in [4.78, 5) is 39.8. The Balaban J connectivity index is 1.57. The fourth-order valence-electron chi connectivity index (χ4n) is 5.36. The summed E-state index contributed by atoms with van der Waals surface area (Å²) in [5, 5.41) is 4.97. The Hall–Kier alpha value is -2.45. The van der Waals surface area contributed by atoms with Crippen LogP contribution in [0.1, 0.15) is 48.5 Å². The SMILES string of the molecule is NC(=O)c1ccc2cnn([C@H](C(=O)N3C[C@H](Cl)[C@H]4OCC(=O)[C@H]43)C3CCCCC3)c2c1. The van der Waals surface area contributed by atoms with Crippen molar-refractivity contribution in [1.29, 1.82) is 0 Å². The highest BCUT2D eigenvalue weighted by molar-refractivity contribution is 6.22. The molecule has 2 aromatic rings. The molecule has 1 aromatic heterocycles. The third-order valence-electron chi connectivity index (χ3n) is 6.90. The second kappa shape index (κ2) is 7.91. The first-order valence-electron chi connectivity index (χ1n) is 10.8. The monoisotopic (exact) mass is 444 g/mol. The highest BCUT2D eigenvalue weighted by Crippen LogP contribution is 2.39. The van der Waals surface area contributed by atoms with Gasteiger partial charge in [0.25, 0.3) is 0 Å². The van der Waals surface area contributed by atoms with Crippen molar-refractivity contribution >= 4 is 40.1 Å². The molecule has 5 rings (SSSR count). The standard InChI is InChI=1S/C22H25ClN4O4/c23-15-10-26(19-17(28)11-31-20(15)19)22(30)18(12-4-2-1-3-5-12)27-16-8-13(21(24)29)6-7-14(16)9-25-27/h6-9,12,15,18-20H,1-5,10-11H2,(H2,24,29)/t15-,18-,19+,20+/m0/s1. The number of ether oxygens (including phenoxy) is 1. The number of primary amides is 1. The molecule has 0 radical (unpaired) electrons. The first kappa shape index (κ1) is 20.5.